The van der Waals surface area contributed by atoms with Crippen molar-refractivity contribution < 1.29 is 0 Å². The first-order valence-corrected chi connectivity index (χ1v) is 8.36. The van der Waals surface area contributed by atoms with Gasteiger partial charge in [-0.25, -0.2) is 14.6 Å². The minimum absolute atomic E-state index is 0.0442. The van der Waals surface area contributed by atoms with Crippen LogP contribution in [0, 0.1) is 18.8 Å². The van der Waals surface area contributed by atoms with E-state index < -0.39 is 0 Å². The molecule has 2 atom stereocenters. The van der Waals surface area contributed by atoms with Crippen LogP contribution >= 0.6 is 0 Å². The number of nitrogens with zero attached hydrogens (tertiary/aromatic N) is 6. The van der Waals surface area contributed by atoms with Gasteiger partial charge in [-0.1, -0.05) is 0 Å². The van der Waals surface area contributed by atoms with Gasteiger partial charge in [-0.3, -0.25) is 9.69 Å². The van der Waals surface area contributed by atoms with Crippen molar-refractivity contribution >= 4 is 5.82 Å². The third kappa shape index (κ3) is 2.80. The fourth-order valence-electron chi connectivity index (χ4n) is 3.97. The van der Waals surface area contributed by atoms with Crippen molar-refractivity contribution in [3.8, 4) is 0 Å². The molecule has 0 radical (unpaired) electrons. The maximum absolute atomic E-state index is 11.7. The van der Waals surface area contributed by atoms with Crippen molar-refractivity contribution in [2.24, 2.45) is 18.9 Å². The highest BCUT2D eigenvalue weighted by molar-refractivity contribution is 5.46. The zero-order valence-corrected chi connectivity index (χ0v) is 14.1. The molecule has 126 valence electrons. The molecule has 0 aliphatic carbocycles. The second kappa shape index (κ2) is 5.98. The topological polar surface area (TPSA) is 67.2 Å². The zero-order chi connectivity index (χ0) is 16.7. The summed E-state index contributed by atoms with van der Waals surface area (Å²) < 4.78 is 1.37. The van der Waals surface area contributed by atoms with Gasteiger partial charge in [0.15, 0.2) is 0 Å². The Morgan fingerprint density at radius 2 is 1.92 bits per heavy atom. The smallest absolute Gasteiger partial charge is 0.266 e. The van der Waals surface area contributed by atoms with Gasteiger partial charge in [0.1, 0.15) is 12.1 Å². The fourth-order valence-corrected chi connectivity index (χ4v) is 3.97. The molecule has 2 saturated heterocycles. The van der Waals surface area contributed by atoms with Crippen molar-refractivity contribution in [1.29, 1.82) is 0 Å². The predicted octanol–water partition coefficient (Wildman–Crippen LogP) is 0.447. The van der Waals surface area contributed by atoms with Gasteiger partial charge in [-0.15, -0.1) is 0 Å². The third-order valence-electron chi connectivity index (χ3n) is 5.16. The van der Waals surface area contributed by atoms with Crippen molar-refractivity contribution in [2.45, 2.75) is 13.5 Å². The minimum atomic E-state index is -0.0442. The van der Waals surface area contributed by atoms with Crippen LogP contribution in [0.4, 0.5) is 5.82 Å². The second-order valence-corrected chi connectivity index (χ2v) is 6.97. The maximum atomic E-state index is 11.7. The van der Waals surface area contributed by atoms with Crippen LogP contribution in [0.3, 0.4) is 0 Å². The number of aromatic nitrogens is 4. The molecule has 0 amide bonds. The van der Waals surface area contributed by atoms with Gasteiger partial charge >= 0.3 is 0 Å². The van der Waals surface area contributed by atoms with Crippen LogP contribution in [0.1, 0.15) is 11.1 Å². The molecule has 0 N–H and O–H groups in total. The number of aryl methyl sites for hydroxylation is 2. The van der Waals surface area contributed by atoms with E-state index >= 15 is 0 Å². The van der Waals surface area contributed by atoms with Gasteiger partial charge in [-0.2, -0.15) is 5.10 Å². The molecule has 0 aromatic carbocycles. The molecule has 2 unspecified atom stereocenters. The summed E-state index contributed by atoms with van der Waals surface area (Å²) in [7, 11) is 1.68. The van der Waals surface area contributed by atoms with Gasteiger partial charge in [0, 0.05) is 57.6 Å². The molecule has 2 aliphatic heterocycles. The molecule has 7 nitrogen and oxygen atoms in total. The average molecular weight is 326 g/mol. The lowest BCUT2D eigenvalue weighted by molar-refractivity contribution is 0.307. The van der Waals surface area contributed by atoms with Crippen molar-refractivity contribution in [3.05, 3.63) is 46.3 Å². The maximum Gasteiger partial charge on any atom is 0.266 e. The molecule has 0 spiro atoms. The van der Waals surface area contributed by atoms with Gasteiger partial charge in [0.05, 0.1) is 6.20 Å². The third-order valence-corrected chi connectivity index (χ3v) is 5.16. The Morgan fingerprint density at radius 3 is 2.58 bits per heavy atom. The largest absolute Gasteiger partial charge is 0.356 e. The quantitative estimate of drug-likeness (QED) is 0.816. The molecule has 24 heavy (non-hydrogen) atoms. The van der Waals surface area contributed by atoms with E-state index in [0.717, 1.165) is 49.7 Å². The van der Waals surface area contributed by atoms with E-state index in [4.69, 9.17) is 0 Å². The molecular weight excluding hydrogens is 304 g/mol. The van der Waals surface area contributed by atoms with Crippen LogP contribution < -0.4 is 10.5 Å². The van der Waals surface area contributed by atoms with E-state index in [0.29, 0.717) is 11.8 Å². The molecule has 2 aliphatic rings. The van der Waals surface area contributed by atoms with Crippen LogP contribution in [0.25, 0.3) is 0 Å². The second-order valence-electron chi connectivity index (χ2n) is 6.97. The highest BCUT2D eigenvalue weighted by Crippen LogP contribution is 2.34. The van der Waals surface area contributed by atoms with Gasteiger partial charge in [0.25, 0.3) is 5.56 Å². The first-order chi connectivity index (χ1) is 11.6. The van der Waals surface area contributed by atoms with Crippen LogP contribution in [0.5, 0.6) is 0 Å². The highest BCUT2D eigenvalue weighted by Gasteiger charge is 2.40. The Kier molecular flexibility index (Phi) is 3.80. The lowest BCUT2D eigenvalue weighted by Gasteiger charge is -2.23. The Labute approximate surface area is 140 Å². The molecule has 2 aromatic heterocycles. The van der Waals surface area contributed by atoms with Crippen LogP contribution in [0.2, 0.25) is 0 Å². The standard InChI is InChI=1S/C17H22N6O/c1-12-4-18-11-19-17(12)23-9-14-7-22(8-15(14)10-23)6-13-3-16(24)21(2)20-5-13/h3-5,11,14-15H,6-10H2,1-2H3. The summed E-state index contributed by atoms with van der Waals surface area (Å²) in [6, 6.07) is 1.69. The Balaban J connectivity index is 1.40. The lowest BCUT2D eigenvalue weighted by Crippen LogP contribution is -2.30. The number of hydrogen-bond acceptors (Lipinski definition) is 6. The number of rotatable bonds is 3. The average Bonchev–Trinajstić information content (AvgIpc) is 3.09. The molecule has 0 saturated carbocycles. The minimum Gasteiger partial charge on any atom is -0.356 e. The van der Waals surface area contributed by atoms with Crippen LogP contribution in [-0.2, 0) is 13.6 Å². The number of likely N-dealkylation sites (tertiary alicyclic amines) is 1. The van der Waals surface area contributed by atoms with Crippen molar-refractivity contribution in [2.75, 3.05) is 31.1 Å². The van der Waals surface area contributed by atoms with Gasteiger partial charge < -0.3 is 4.90 Å². The molecular formula is C17H22N6O. The van der Waals surface area contributed by atoms with E-state index in [9.17, 15) is 4.79 Å². The number of hydrogen-bond donors (Lipinski definition) is 0. The van der Waals surface area contributed by atoms with Crippen molar-refractivity contribution in [3.63, 3.8) is 0 Å². The van der Waals surface area contributed by atoms with E-state index in [-0.39, 0.29) is 5.56 Å². The zero-order valence-electron chi connectivity index (χ0n) is 14.1. The first kappa shape index (κ1) is 15.3. The molecule has 0 bridgehead atoms. The number of fused-ring (bicyclic) bond motifs is 1. The predicted molar refractivity (Wildman–Crippen MR) is 90.7 cm³/mol. The summed E-state index contributed by atoms with van der Waals surface area (Å²) in [5.41, 5.74) is 2.10. The summed E-state index contributed by atoms with van der Waals surface area (Å²) >= 11 is 0. The van der Waals surface area contributed by atoms with E-state index in [1.807, 2.05) is 6.20 Å². The highest BCUT2D eigenvalue weighted by atomic mass is 16.1. The number of anilines is 1. The van der Waals surface area contributed by atoms with Crippen LogP contribution in [-0.4, -0.2) is 50.8 Å². The summed E-state index contributed by atoms with van der Waals surface area (Å²) in [6.45, 7) is 7.12. The van der Waals surface area contributed by atoms with Crippen LogP contribution in [0.15, 0.2) is 29.6 Å². The Morgan fingerprint density at radius 1 is 1.17 bits per heavy atom. The van der Waals surface area contributed by atoms with E-state index in [1.54, 1.807) is 25.6 Å². The van der Waals surface area contributed by atoms with E-state index in [2.05, 4.69) is 31.8 Å². The summed E-state index contributed by atoms with van der Waals surface area (Å²) in [5.74, 6) is 2.40. The van der Waals surface area contributed by atoms with Gasteiger partial charge in [0.2, 0.25) is 0 Å². The Bertz CT molecular complexity index is 790. The summed E-state index contributed by atoms with van der Waals surface area (Å²) in [5, 5.41) is 4.11. The fraction of sp³-hybridized carbons (Fsp3) is 0.529. The monoisotopic (exact) mass is 326 g/mol. The Hall–Kier alpha value is -2.28. The van der Waals surface area contributed by atoms with Crippen molar-refractivity contribution in [1.82, 2.24) is 24.6 Å². The summed E-state index contributed by atoms with van der Waals surface area (Å²) in [4.78, 5) is 25.1. The SMILES string of the molecule is Cc1cncnc1N1CC2CN(Cc3cnn(C)c(=O)c3)CC2C1. The van der Waals surface area contributed by atoms with Gasteiger partial charge in [-0.05, 0) is 24.3 Å². The first-order valence-electron chi connectivity index (χ1n) is 8.36. The summed E-state index contributed by atoms with van der Waals surface area (Å²) in [6.07, 6.45) is 5.31. The molecule has 4 heterocycles. The molecule has 7 heteroatoms. The van der Waals surface area contributed by atoms with E-state index in [1.165, 1.54) is 4.68 Å². The molecule has 2 aromatic rings. The molecule has 2 fully saturated rings. The lowest BCUT2D eigenvalue weighted by atomic mass is 10.0. The molecule has 4 rings (SSSR count). The normalized spacial score (nSPS) is 23.7.